The van der Waals surface area contributed by atoms with E-state index in [2.05, 4.69) is 15.1 Å². The van der Waals surface area contributed by atoms with Crippen LogP contribution in [-0.2, 0) is 16.0 Å². The topological polar surface area (TPSA) is 102 Å². The van der Waals surface area contributed by atoms with Crippen LogP contribution in [0.2, 0.25) is 0 Å². The van der Waals surface area contributed by atoms with Crippen LogP contribution >= 0.6 is 0 Å². The summed E-state index contributed by atoms with van der Waals surface area (Å²) in [5, 5.41) is 4.93. The Kier molecular flexibility index (Phi) is 4.88. The number of para-hydroxylation sites is 1. The summed E-state index contributed by atoms with van der Waals surface area (Å²) in [6, 6.07) is 7.28. The molecule has 0 spiro atoms. The highest BCUT2D eigenvalue weighted by molar-refractivity contribution is 5.92. The standard InChI is InChI=1S/C21H21N5O4/c27-20(7-17-16-3-1-2-4-19(16)30-24-17)25-9-14-10-26(15(11-25)13-29-12-14)21(28)18-8-22-5-6-23-18/h1-6,8,14-15H,7,9-13H2/t14-,15-/m0/s1. The normalized spacial score (nSPS) is 21.5. The third-order valence-corrected chi connectivity index (χ3v) is 5.64. The maximum Gasteiger partial charge on any atom is 0.274 e. The molecule has 9 heteroatoms. The molecule has 2 saturated heterocycles. The van der Waals surface area contributed by atoms with Crippen LogP contribution in [0.1, 0.15) is 16.2 Å². The lowest BCUT2D eigenvalue weighted by molar-refractivity contribution is -0.132. The fourth-order valence-corrected chi connectivity index (χ4v) is 4.17. The maximum absolute atomic E-state index is 13.1. The first-order valence-electron chi connectivity index (χ1n) is 9.95. The fraction of sp³-hybridized carbons (Fsp3) is 0.381. The minimum Gasteiger partial charge on any atom is -0.379 e. The fourth-order valence-electron chi connectivity index (χ4n) is 4.17. The number of aromatic nitrogens is 3. The van der Waals surface area contributed by atoms with E-state index in [-0.39, 0.29) is 30.2 Å². The molecule has 2 fully saturated rings. The van der Waals surface area contributed by atoms with Gasteiger partial charge in [0.25, 0.3) is 5.91 Å². The average molecular weight is 407 g/mol. The van der Waals surface area contributed by atoms with Gasteiger partial charge in [-0.2, -0.15) is 0 Å². The van der Waals surface area contributed by atoms with Gasteiger partial charge in [-0.05, 0) is 12.1 Å². The van der Waals surface area contributed by atoms with Gasteiger partial charge in [0.2, 0.25) is 5.91 Å². The molecule has 0 aliphatic carbocycles. The minimum absolute atomic E-state index is 0.0280. The maximum atomic E-state index is 13.1. The number of ether oxygens (including phenoxy) is 1. The molecule has 2 amide bonds. The van der Waals surface area contributed by atoms with Gasteiger partial charge in [-0.3, -0.25) is 14.6 Å². The molecule has 5 rings (SSSR count). The molecule has 30 heavy (non-hydrogen) atoms. The van der Waals surface area contributed by atoms with Gasteiger partial charge in [0.05, 0.1) is 31.9 Å². The van der Waals surface area contributed by atoms with Crippen LogP contribution in [0, 0.1) is 5.92 Å². The SMILES string of the molecule is O=C(Cc1noc2ccccc12)N1C[C@@H]2COC[C@H](C1)N(C(=O)c1cnccn1)C2. The summed E-state index contributed by atoms with van der Waals surface area (Å²) in [4.78, 5) is 37.9. The number of hydrogen-bond acceptors (Lipinski definition) is 7. The molecule has 0 unspecified atom stereocenters. The van der Waals surface area contributed by atoms with E-state index < -0.39 is 0 Å². The zero-order valence-electron chi connectivity index (χ0n) is 16.3. The van der Waals surface area contributed by atoms with Gasteiger partial charge >= 0.3 is 0 Å². The molecule has 2 aromatic heterocycles. The lowest BCUT2D eigenvalue weighted by Crippen LogP contribution is -2.48. The van der Waals surface area contributed by atoms with Crippen molar-refractivity contribution in [2.24, 2.45) is 5.92 Å². The Labute approximate surface area is 172 Å². The van der Waals surface area contributed by atoms with Crippen molar-refractivity contribution >= 4 is 22.8 Å². The molecule has 2 bridgehead atoms. The van der Waals surface area contributed by atoms with Gasteiger partial charge in [0.1, 0.15) is 11.4 Å². The van der Waals surface area contributed by atoms with Crippen molar-refractivity contribution in [2.75, 3.05) is 32.8 Å². The Morgan fingerprint density at radius 3 is 2.87 bits per heavy atom. The lowest BCUT2D eigenvalue weighted by atomic mass is 10.1. The first-order chi connectivity index (χ1) is 14.7. The van der Waals surface area contributed by atoms with Crippen molar-refractivity contribution in [3.05, 3.63) is 54.2 Å². The van der Waals surface area contributed by atoms with Gasteiger partial charge in [-0.25, -0.2) is 4.98 Å². The van der Waals surface area contributed by atoms with Crippen molar-refractivity contribution in [2.45, 2.75) is 12.5 Å². The van der Waals surface area contributed by atoms with E-state index in [1.54, 1.807) is 4.90 Å². The van der Waals surface area contributed by atoms with Gasteiger partial charge in [-0.15, -0.1) is 0 Å². The van der Waals surface area contributed by atoms with Crippen molar-refractivity contribution in [3.63, 3.8) is 0 Å². The predicted molar refractivity (Wildman–Crippen MR) is 105 cm³/mol. The van der Waals surface area contributed by atoms with Crippen molar-refractivity contribution < 1.29 is 18.8 Å². The zero-order valence-corrected chi connectivity index (χ0v) is 16.3. The van der Waals surface area contributed by atoms with E-state index in [1.165, 1.54) is 18.6 Å². The second-order valence-corrected chi connectivity index (χ2v) is 7.71. The molecule has 0 radical (unpaired) electrons. The van der Waals surface area contributed by atoms with E-state index in [4.69, 9.17) is 9.26 Å². The summed E-state index contributed by atoms with van der Waals surface area (Å²) >= 11 is 0. The van der Waals surface area contributed by atoms with Crippen molar-refractivity contribution in [1.29, 1.82) is 0 Å². The van der Waals surface area contributed by atoms with Gasteiger partial charge in [-0.1, -0.05) is 17.3 Å². The van der Waals surface area contributed by atoms with Gasteiger partial charge < -0.3 is 19.1 Å². The molecular weight excluding hydrogens is 386 g/mol. The van der Waals surface area contributed by atoms with Crippen LogP contribution in [0.15, 0.2) is 47.4 Å². The first kappa shape index (κ1) is 18.7. The quantitative estimate of drug-likeness (QED) is 0.642. The van der Waals surface area contributed by atoms with Crippen LogP contribution in [0.4, 0.5) is 0 Å². The van der Waals surface area contributed by atoms with Crippen LogP contribution in [0.5, 0.6) is 0 Å². The van der Waals surface area contributed by atoms with Crippen LogP contribution < -0.4 is 0 Å². The molecule has 9 nitrogen and oxygen atoms in total. The van der Waals surface area contributed by atoms with Crippen LogP contribution in [0.25, 0.3) is 11.0 Å². The molecule has 4 heterocycles. The number of nitrogens with zero attached hydrogens (tertiary/aromatic N) is 5. The molecule has 1 aromatic carbocycles. The minimum atomic E-state index is -0.231. The molecule has 154 valence electrons. The summed E-state index contributed by atoms with van der Waals surface area (Å²) in [7, 11) is 0. The zero-order chi connectivity index (χ0) is 20.5. The summed E-state index contributed by atoms with van der Waals surface area (Å²) in [5.41, 5.74) is 1.60. The first-order valence-corrected chi connectivity index (χ1v) is 9.95. The Bertz CT molecular complexity index is 1070. The number of carbonyl (C=O) groups is 2. The third-order valence-electron chi connectivity index (χ3n) is 5.64. The third kappa shape index (κ3) is 3.52. The Morgan fingerprint density at radius 1 is 1.10 bits per heavy atom. The van der Waals surface area contributed by atoms with E-state index >= 15 is 0 Å². The van der Waals surface area contributed by atoms with Crippen LogP contribution in [-0.4, -0.2) is 75.6 Å². The number of fused-ring (bicyclic) bond motifs is 4. The lowest BCUT2D eigenvalue weighted by Gasteiger charge is -2.31. The number of rotatable bonds is 3. The second-order valence-electron chi connectivity index (χ2n) is 7.71. The summed E-state index contributed by atoms with van der Waals surface area (Å²) < 4.78 is 11.1. The highest BCUT2D eigenvalue weighted by Crippen LogP contribution is 2.23. The smallest absolute Gasteiger partial charge is 0.274 e. The highest BCUT2D eigenvalue weighted by atomic mass is 16.5. The van der Waals surface area contributed by atoms with Crippen molar-refractivity contribution in [1.82, 2.24) is 24.9 Å². The van der Waals surface area contributed by atoms with Gasteiger partial charge in [0.15, 0.2) is 5.58 Å². The summed E-state index contributed by atoms with van der Waals surface area (Å²) in [6.45, 7) is 2.37. The Hall–Kier alpha value is -3.33. The molecule has 0 saturated carbocycles. The van der Waals surface area contributed by atoms with E-state index in [0.29, 0.717) is 49.8 Å². The van der Waals surface area contributed by atoms with E-state index in [9.17, 15) is 9.59 Å². The monoisotopic (exact) mass is 407 g/mol. The highest BCUT2D eigenvalue weighted by Gasteiger charge is 2.38. The Balaban J connectivity index is 1.35. The van der Waals surface area contributed by atoms with Gasteiger partial charge in [0, 0.05) is 43.3 Å². The molecule has 2 aliphatic heterocycles. The number of carbonyl (C=O) groups excluding carboxylic acids is 2. The van der Waals surface area contributed by atoms with Crippen LogP contribution in [0.3, 0.4) is 0 Å². The number of amides is 2. The van der Waals surface area contributed by atoms with E-state index in [0.717, 1.165) is 5.39 Å². The number of benzene rings is 1. The van der Waals surface area contributed by atoms with Crippen molar-refractivity contribution in [3.8, 4) is 0 Å². The summed E-state index contributed by atoms with van der Waals surface area (Å²) in [5.74, 6) is -0.170. The predicted octanol–water partition coefficient (Wildman–Crippen LogP) is 1.16. The molecule has 2 atom stereocenters. The average Bonchev–Trinajstić information content (AvgIpc) is 2.94. The second kappa shape index (κ2) is 7.83. The molecule has 3 aromatic rings. The molecule has 2 aliphatic rings. The number of hydrogen-bond donors (Lipinski definition) is 0. The summed E-state index contributed by atoms with van der Waals surface area (Å²) in [6.07, 6.45) is 4.67. The Morgan fingerprint density at radius 2 is 2.00 bits per heavy atom. The van der Waals surface area contributed by atoms with E-state index in [1.807, 2.05) is 29.2 Å². The molecule has 0 N–H and O–H groups in total. The largest absolute Gasteiger partial charge is 0.379 e. The molecular formula is C21H21N5O4.